The van der Waals surface area contributed by atoms with Gasteiger partial charge >= 0.3 is 0 Å². The van der Waals surface area contributed by atoms with Gasteiger partial charge in [0.05, 0.1) is 12.1 Å². The third-order valence-electron chi connectivity index (χ3n) is 3.09. The highest BCUT2D eigenvalue weighted by Gasteiger charge is 2.34. The van der Waals surface area contributed by atoms with Crippen molar-refractivity contribution in [3.8, 4) is 0 Å². The van der Waals surface area contributed by atoms with E-state index in [1.165, 1.54) is 11.3 Å². The number of aliphatic hydroxyl groups is 1. The molecule has 0 unspecified atom stereocenters. The molecule has 0 aromatic carbocycles. The van der Waals surface area contributed by atoms with E-state index >= 15 is 0 Å². The number of rotatable bonds is 5. The van der Waals surface area contributed by atoms with Gasteiger partial charge in [0, 0.05) is 17.5 Å². The molecule has 1 aromatic heterocycles. The van der Waals surface area contributed by atoms with E-state index in [1.807, 2.05) is 0 Å². The van der Waals surface area contributed by atoms with Crippen LogP contribution in [0.15, 0.2) is 16.8 Å². The average molecular weight is 268 g/mol. The molecule has 2 amide bonds. The van der Waals surface area contributed by atoms with E-state index in [2.05, 4.69) is 10.6 Å². The highest BCUT2D eigenvalue weighted by molar-refractivity contribution is 7.08. The Hall–Kier alpha value is -1.40. The van der Waals surface area contributed by atoms with Crippen LogP contribution in [0.2, 0.25) is 0 Å². The normalized spacial score (nSPS) is 16.7. The fourth-order valence-electron chi connectivity index (χ4n) is 1.74. The lowest BCUT2D eigenvalue weighted by molar-refractivity contribution is -0.122. The second kappa shape index (κ2) is 5.49. The Morgan fingerprint density at radius 2 is 2.17 bits per heavy atom. The fourth-order valence-corrected chi connectivity index (χ4v) is 2.38. The van der Waals surface area contributed by atoms with Crippen molar-refractivity contribution in [2.75, 3.05) is 13.1 Å². The van der Waals surface area contributed by atoms with Crippen LogP contribution in [0, 0.1) is 0 Å². The van der Waals surface area contributed by atoms with Crippen molar-refractivity contribution in [1.29, 1.82) is 0 Å². The van der Waals surface area contributed by atoms with E-state index in [4.69, 9.17) is 0 Å². The van der Waals surface area contributed by atoms with Crippen LogP contribution in [0.3, 0.4) is 0 Å². The Kier molecular flexibility index (Phi) is 3.98. The smallest absolute Gasteiger partial charge is 0.252 e. The summed E-state index contributed by atoms with van der Waals surface area (Å²) in [5.74, 6) is -0.535. The zero-order valence-electron chi connectivity index (χ0n) is 9.94. The molecule has 0 atom stereocenters. The third kappa shape index (κ3) is 3.30. The molecule has 0 saturated heterocycles. The number of hydrogen-bond acceptors (Lipinski definition) is 4. The Morgan fingerprint density at radius 3 is 2.72 bits per heavy atom. The Balaban J connectivity index is 1.67. The second-order valence-corrected chi connectivity index (χ2v) is 5.33. The van der Waals surface area contributed by atoms with Crippen LogP contribution in [-0.2, 0) is 4.79 Å². The van der Waals surface area contributed by atoms with Crippen LogP contribution < -0.4 is 10.6 Å². The predicted molar refractivity (Wildman–Crippen MR) is 68.5 cm³/mol. The number of carbonyl (C=O) groups excluding carboxylic acids is 2. The maximum atomic E-state index is 11.5. The zero-order chi connectivity index (χ0) is 13.0. The molecule has 0 radical (unpaired) electrons. The Bertz CT molecular complexity index is 427. The van der Waals surface area contributed by atoms with Gasteiger partial charge in [0.1, 0.15) is 0 Å². The molecule has 3 N–H and O–H groups in total. The molecule has 0 aliphatic heterocycles. The lowest BCUT2D eigenvalue weighted by Gasteiger charge is -2.36. The summed E-state index contributed by atoms with van der Waals surface area (Å²) >= 11 is 1.43. The maximum Gasteiger partial charge on any atom is 0.252 e. The van der Waals surface area contributed by atoms with Crippen molar-refractivity contribution in [3.63, 3.8) is 0 Å². The van der Waals surface area contributed by atoms with E-state index in [-0.39, 0.29) is 24.9 Å². The van der Waals surface area contributed by atoms with Crippen LogP contribution in [-0.4, -0.2) is 35.6 Å². The van der Waals surface area contributed by atoms with Gasteiger partial charge < -0.3 is 15.7 Å². The van der Waals surface area contributed by atoms with E-state index in [9.17, 15) is 14.7 Å². The van der Waals surface area contributed by atoms with Gasteiger partial charge in [0.15, 0.2) is 0 Å². The molecule has 6 heteroatoms. The molecule has 1 saturated carbocycles. The average Bonchev–Trinajstić information content (AvgIpc) is 2.84. The van der Waals surface area contributed by atoms with Gasteiger partial charge in [0.2, 0.25) is 5.91 Å². The third-order valence-corrected chi connectivity index (χ3v) is 3.77. The molecule has 2 rings (SSSR count). The molecule has 5 nitrogen and oxygen atoms in total. The number of carbonyl (C=O) groups is 2. The molecular weight excluding hydrogens is 252 g/mol. The maximum absolute atomic E-state index is 11.5. The summed E-state index contributed by atoms with van der Waals surface area (Å²) < 4.78 is 0. The van der Waals surface area contributed by atoms with E-state index in [1.54, 1.807) is 16.8 Å². The van der Waals surface area contributed by atoms with Crippen molar-refractivity contribution < 1.29 is 14.7 Å². The van der Waals surface area contributed by atoms with Gasteiger partial charge in [0.25, 0.3) is 5.91 Å². The quantitative estimate of drug-likeness (QED) is 0.728. The number of thiophene rings is 1. The number of hydrogen-bond donors (Lipinski definition) is 3. The Morgan fingerprint density at radius 1 is 1.39 bits per heavy atom. The van der Waals surface area contributed by atoms with E-state index in [0.717, 1.165) is 19.3 Å². The van der Waals surface area contributed by atoms with Crippen molar-refractivity contribution in [2.24, 2.45) is 0 Å². The van der Waals surface area contributed by atoms with Crippen LogP contribution in [0.25, 0.3) is 0 Å². The van der Waals surface area contributed by atoms with E-state index < -0.39 is 5.60 Å². The van der Waals surface area contributed by atoms with Gasteiger partial charge in [-0.25, -0.2) is 0 Å². The minimum absolute atomic E-state index is 0.0647. The van der Waals surface area contributed by atoms with Crippen LogP contribution >= 0.6 is 11.3 Å². The van der Waals surface area contributed by atoms with Crippen molar-refractivity contribution >= 4 is 23.2 Å². The molecule has 18 heavy (non-hydrogen) atoms. The van der Waals surface area contributed by atoms with Gasteiger partial charge in [-0.15, -0.1) is 0 Å². The van der Waals surface area contributed by atoms with Crippen LogP contribution in [0.5, 0.6) is 0 Å². The molecule has 1 heterocycles. The monoisotopic (exact) mass is 268 g/mol. The standard InChI is InChI=1S/C12H16N2O3S/c15-10(14-8-12(17)3-1-4-12)6-13-11(16)9-2-5-18-7-9/h2,5,7,17H,1,3-4,6,8H2,(H,13,16)(H,14,15). The first-order chi connectivity index (χ1) is 8.59. The molecular formula is C12H16N2O3S. The molecule has 98 valence electrons. The summed E-state index contributed by atoms with van der Waals surface area (Å²) in [5.41, 5.74) is -0.169. The summed E-state index contributed by atoms with van der Waals surface area (Å²) in [6.45, 7) is 0.199. The molecule has 1 aliphatic carbocycles. The highest BCUT2D eigenvalue weighted by Crippen LogP contribution is 2.30. The number of amides is 2. The highest BCUT2D eigenvalue weighted by atomic mass is 32.1. The lowest BCUT2D eigenvalue weighted by atomic mass is 9.80. The first-order valence-corrected chi connectivity index (χ1v) is 6.83. The summed E-state index contributed by atoms with van der Waals surface area (Å²) in [5, 5.41) is 18.5. The van der Waals surface area contributed by atoms with Crippen LogP contribution in [0.1, 0.15) is 29.6 Å². The van der Waals surface area contributed by atoms with Gasteiger partial charge in [-0.1, -0.05) is 0 Å². The molecule has 1 fully saturated rings. The first-order valence-electron chi connectivity index (χ1n) is 5.89. The minimum Gasteiger partial charge on any atom is -0.388 e. The van der Waals surface area contributed by atoms with E-state index in [0.29, 0.717) is 5.56 Å². The van der Waals surface area contributed by atoms with Crippen LogP contribution in [0.4, 0.5) is 0 Å². The molecule has 0 spiro atoms. The summed E-state index contributed by atoms with van der Waals surface area (Å²) in [7, 11) is 0. The van der Waals surface area contributed by atoms with Crippen molar-refractivity contribution in [2.45, 2.75) is 24.9 Å². The first kappa shape index (κ1) is 13.0. The van der Waals surface area contributed by atoms with Gasteiger partial charge in [-0.2, -0.15) is 11.3 Å². The number of nitrogens with one attached hydrogen (secondary N) is 2. The summed E-state index contributed by atoms with van der Waals surface area (Å²) in [6.07, 6.45) is 2.46. The summed E-state index contributed by atoms with van der Waals surface area (Å²) in [6, 6.07) is 1.70. The second-order valence-electron chi connectivity index (χ2n) is 4.55. The fraction of sp³-hybridized carbons (Fsp3) is 0.500. The molecule has 1 aromatic rings. The largest absolute Gasteiger partial charge is 0.388 e. The summed E-state index contributed by atoms with van der Waals surface area (Å²) in [4.78, 5) is 23.0. The van der Waals surface area contributed by atoms with Gasteiger partial charge in [-0.3, -0.25) is 9.59 Å². The SMILES string of the molecule is O=C(CNC(=O)c1ccsc1)NCC1(O)CCC1. The van der Waals surface area contributed by atoms with Crippen molar-refractivity contribution in [3.05, 3.63) is 22.4 Å². The van der Waals surface area contributed by atoms with Gasteiger partial charge in [-0.05, 0) is 30.7 Å². The Labute approximate surface area is 109 Å². The minimum atomic E-state index is -0.729. The zero-order valence-corrected chi connectivity index (χ0v) is 10.8. The molecule has 0 bridgehead atoms. The molecule has 1 aliphatic rings. The lowest BCUT2D eigenvalue weighted by Crippen LogP contribution is -2.49. The van der Waals surface area contributed by atoms with Crippen molar-refractivity contribution in [1.82, 2.24) is 10.6 Å². The topological polar surface area (TPSA) is 78.4 Å². The predicted octanol–water partition coefficient (Wildman–Crippen LogP) is 0.509.